The van der Waals surface area contributed by atoms with E-state index in [9.17, 15) is 10.4 Å². The van der Waals surface area contributed by atoms with Gasteiger partial charge >= 0.3 is 0 Å². The van der Waals surface area contributed by atoms with Gasteiger partial charge in [0.2, 0.25) is 0 Å². The summed E-state index contributed by atoms with van der Waals surface area (Å²) >= 11 is 3.79. The Balaban J connectivity index is 1.33. The summed E-state index contributed by atoms with van der Waals surface area (Å²) in [5, 5.41) is 22.5. The molecule has 2 N–H and O–H groups in total. The van der Waals surface area contributed by atoms with Gasteiger partial charge in [-0.2, -0.15) is 5.26 Å². The predicted octanol–water partition coefficient (Wildman–Crippen LogP) is 6.78. The van der Waals surface area contributed by atoms with E-state index in [-0.39, 0.29) is 6.04 Å². The molecule has 0 aliphatic carbocycles. The minimum Gasteiger partial charge on any atom is -0.489 e. The second kappa shape index (κ2) is 13.8. The van der Waals surface area contributed by atoms with Crippen molar-refractivity contribution in [2.75, 3.05) is 13.2 Å². The molecule has 0 amide bonds. The van der Waals surface area contributed by atoms with E-state index in [2.05, 4.69) is 33.4 Å². The summed E-state index contributed by atoms with van der Waals surface area (Å²) in [4.78, 5) is 0. The lowest BCUT2D eigenvalue weighted by Gasteiger charge is -2.20. The lowest BCUT2D eigenvalue weighted by molar-refractivity contribution is 0.152. The van der Waals surface area contributed by atoms with Gasteiger partial charge in [-0.15, -0.1) is 0 Å². The van der Waals surface area contributed by atoms with Crippen LogP contribution in [0.15, 0.2) is 83.3 Å². The second-order valence-electron chi connectivity index (χ2n) is 10.2. The number of rotatable bonds is 11. The van der Waals surface area contributed by atoms with Crippen LogP contribution in [0.2, 0.25) is 0 Å². The highest BCUT2D eigenvalue weighted by molar-refractivity contribution is 9.10. The maximum atomic E-state index is 9.90. The number of aliphatic hydroxyl groups excluding tert-OH is 1. The molecular formula is C34H33BrN2O5. The zero-order chi connectivity index (χ0) is 29.5. The summed E-state index contributed by atoms with van der Waals surface area (Å²) in [6, 6.07) is 27.3. The van der Waals surface area contributed by atoms with Gasteiger partial charge in [-0.3, -0.25) is 0 Å². The fraction of sp³-hybridized carbons (Fsp3) is 0.265. The molecule has 42 heavy (non-hydrogen) atoms. The van der Waals surface area contributed by atoms with E-state index in [1.807, 2.05) is 73.7 Å². The number of nitriles is 1. The molecule has 5 rings (SSSR count). The smallest absolute Gasteiger partial charge is 0.161 e. The topological polar surface area (TPSA) is 93.0 Å². The first-order valence-corrected chi connectivity index (χ1v) is 14.7. The highest BCUT2D eigenvalue weighted by Crippen LogP contribution is 2.38. The first-order valence-electron chi connectivity index (χ1n) is 13.9. The molecule has 0 bridgehead atoms. The lowest BCUT2D eigenvalue weighted by Crippen LogP contribution is -2.35. The predicted molar refractivity (Wildman–Crippen MR) is 165 cm³/mol. The number of fused-ring (bicyclic) bond motifs is 1. The zero-order valence-corrected chi connectivity index (χ0v) is 25.2. The first-order chi connectivity index (χ1) is 20.4. The van der Waals surface area contributed by atoms with Crippen LogP contribution >= 0.6 is 15.9 Å². The first kappa shape index (κ1) is 29.5. The summed E-state index contributed by atoms with van der Waals surface area (Å²) in [6.45, 7) is 5.96. The number of ether oxygens (including phenoxy) is 4. The van der Waals surface area contributed by atoms with E-state index in [0.29, 0.717) is 50.0 Å². The average molecular weight is 630 g/mol. The van der Waals surface area contributed by atoms with Crippen molar-refractivity contribution in [1.29, 1.82) is 5.26 Å². The molecule has 4 aromatic carbocycles. The molecule has 4 aromatic rings. The number of benzene rings is 4. The standard InChI is InChI=1S/C34H33BrN2O5/c1-22(23(2)38)37-19-27-9-11-29(17-32(27)42-20-25-6-3-5-24(15-25)18-36)41-21-28-7-4-8-30(34(28)35)26-10-12-31-33(16-26)40-14-13-39-31/h3-12,15-17,22-23,37-38H,13-14,19-21H2,1-2H3/t22-,23?/m0/s1. The third-order valence-corrected chi connectivity index (χ3v) is 8.09. The van der Waals surface area contributed by atoms with E-state index in [1.165, 1.54) is 0 Å². The van der Waals surface area contributed by atoms with Crippen molar-refractivity contribution >= 4 is 15.9 Å². The van der Waals surface area contributed by atoms with E-state index in [0.717, 1.165) is 43.8 Å². The van der Waals surface area contributed by atoms with Crippen LogP contribution in [0.25, 0.3) is 11.1 Å². The summed E-state index contributed by atoms with van der Waals surface area (Å²) in [5.41, 5.74) is 5.47. The fourth-order valence-electron chi connectivity index (χ4n) is 4.52. The van der Waals surface area contributed by atoms with Crippen molar-refractivity contribution in [3.63, 3.8) is 0 Å². The van der Waals surface area contributed by atoms with Crippen LogP contribution in [0.1, 0.15) is 36.1 Å². The SMILES string of the molecule is CC(O)[C@H](C)NCc1ccc(OCc2cccc(-c3ccc4c(c3)OCCO4)c2Br)cc1OCc1cccc(C#N)c1. The van der Waals surface area contributed by atoms with Crippen LogP contribution in [-0.4, -0.2) is 30.5 Å². The molecule has 0 fully saturated rings. The van der Waals surface area contributed by atoms with Crippen LogP contribution in [0.5, 0.6) is 23.0 Å². The highest BCUT2D eigenvalue weighted by atomic mass is 79.9. The molecular weight excluding hydrogens is 596 g/mol. The van der Waals surface area contributed by atoms with Gasteiger partial charge < -0.3 is 29.4 Å². The molecule has 2 atom stereocenters. The van der Waals surface area contributed by atoms with Gasteiger partial charge in [0.25, 0.3) is 0 Å². The third-order valence-electron chi connectivity index (χ3n) is 7.15. The van der Waals surface area contributed by atoms with Crippen LogP contribution in [0.4, 0.5) is 0 Å². The number of nitrogens with zero attached hydrogens (tertiary/aromatic N) is 1. The molecule has 1 aliphatic rings. The molecule has 1 aliphatic heterocycles. The molecule has 216 valence electrons. The van der Waals surface area contributed by atoms with Crippen molar-refractivity contribution in [2.24, 2.45) is 0 Å². The monoisotopic (exact) mass is 628 g/mol. The maximum absolute atomic E-state index is 9.90. The Morgan fingerprint density at radius 2 is 1.71 bits per heavy atom. The number of aliphatic hydroxyl groups is 1. The minimum absolute atomic E-state index is 0.0834. The zero-order valence-electron chi connectivity index (χ0n) is 23.6. The Hall–Kier alpha value is -4.03. The highest BCUT2D eigenvalue weighted by Gasteiger charge is 2.16. The molecule has 1 heterocycles. The molecule has 0 saturated heterocycles. The summed E-state index contributed by atoms with van der Waals surface area (Å²) < 4.78 is 24.9. The van der Waals surface area contributed by atoms with Crippen LogP contribution in [0, 0.1) is 11.3 Å². The van der Waals surface area contributed by atoms with Crippen LogP contribution in [0.3, 0.4) is 0 Å². The summed E-state index contributed by atoms with van der Waals surface area (Å²) in [5.74, 6) is 2.84. The molecule has 1 unspecified atom stereocenters. The van der Waals surface area contributed by atoms with Gasteiger partial charge in [0.05, 0.1) is 17.7 Å². The van der Waals surface area contributed by atoms with Gasteiger partial charge in [0.1, 0.15) is 37.9 Å². The Morgan fingerprint density at radius 3 is 2.52 bits per heavy atom. The van der Waals surface area contributed by atoms with Gasteiger partial charge in [-0.25, -0.2) is 0 Å². The normalized spacial score (nSPS) is 13.6. The van der Waals surface area contributed by atoms with Gasteiger partial charge in [0, 0.05) is 34.3 Å². The molecule has 7 nitrogen and oxygen atoms in total. The Labute approximate surface area is 254 Å². The van der Waals surface area contributed by atoms with Gasteiger partial charge in [-0.05, 0) is 76.8 Å². The number of nitrogens with one attached hydrogen (secondary N) is 1. The van der Waals surface area contributed by atoms with Crippen LogP contribution in [-0.2, 0) is 19.8 Å². The van der Waals surface area contributed by atoms with Crippen LogP contribution < -0.4 is 24.3 Å². The molecule has 8 heteroatoms. The minimum atomic E-state index is -0.484. The molecule has 0 saturated carbocycles. The Bertz CT molecular complexity index is 1580. The van der Waals surface area contributed by atoms with Crippen molar-refractivity contribution < 1.29 is 24.1 Å². The third kappa shape index (κ3) is 7.24. The lowest BCUT2D eigenvalue weighted by atomic mass is 10.0. The van der Waals surface area contributed by atoms with E-state index < -0.39 is 6.10 Å². The Morgan fingerprint density at radius 1 is 0.905 bits per heavy atom. The van der Waals surface area contributed by atoms with Crippen molar-refractivity contribution in [2.45, 2.75) is 45.8 Å². The van der Waals surface area contributed by atoms with Crippen molar-refractivity contribution in [1.82, 2.24) is 5.32 Å². The van der Waals surface area contributed by atoms with Gasteiger partial charge in [-0.1, -0.05) is 42.5 Å². The summed E-state index contributed by atoms with van der Waals surface area (Å²) in [6.07, 6.45) is -0.484. The maximum Gasteiger partial charge on any atom is 0.161 e. The molecule has 0 spiro atoms. The van der Waals surface area contributed by atoms with E-state index in [4.69, 9.17) is 18.9 Å². The van der Waals surface area contributed by atoms with Crippen molar-refractivity contribution in [3.05, 3.63) is 106 Å². The molecule has 0 radical (unpaired) electrons. The largest absolute Gasteiger partial charge is 0.489 e. The number of hydrogen-bond acceptors (Lipinski definition) is 7. The molecule has 0 aromatic heterocycles. The fourth-order valence-corrected chi connectivity index (χ4v) is 5.13. The summed E-state index contributed by atoms with van der Waals surface area (Å²) in [7, 11) is 0. The van der Waals surface area contributed by atoms with E-state index >= 15 is 0 Å². The number of hydrogen-bond donors (Lipinski definition) is 2. The van der Waals surface area contributed by atoms with E-state index in [1.54, 1.807) is 13.0 Å². The Kier molecular flexibility index (Phi) is 9.65. The van der Waals surface area contributed by atoms with Crippen molar-refractivity contribution in [3.8, 4) is 40.2 Å². The number of halogens is 1. The second-order valence-corrected chi connectivity index (χ2v) is 11.0. The quantitative estimate of drug-likeness (QED) is 0.189. The van der Waals surface area contributed by atoms with Gasteiger partial charge in [0.15, 0.2) is 11.5 Å². The average Bonchev–Trinajstić information content (AvgIpc) is 3.02.